The van der Waals surface area contributed by atoms with Crippen molar-refractivity contribution in [3.63, 3.8) is 0 Å². The number of hydrogen-bond donors (Lipinski definition) is 2. The SMILES string of the molecule is CCOc1cc(NCC2CCNCC2)cc([N+](=O)[O-])c1. The molecule has 0 amide bonds. The van der Waals surface area contributed by atoms with E-state index in [1.807, 2.05) is 13.0 Å². The molecule has 20 heavy (non-hydrogen) atoms. The first kappa shape index (κ1) is 14.6. The van der Waals surface area contributed by atoms with E-state index in [-0.39, 0.29) is 5.69 Å². The highest BCUT2D eigenvalue weighted by Crippen LogP contribution is 2.26. The third-order valence-electron chi connectivity index (χ3n) is 3.47. The molecule has 0 unspecified atom stereocenters. The molecule has 1 aliphatic rings. The van der Waals surface area contributed by atoms with Gasteiger partial charge in [-0.15, -0.1) is 0 Å². The van der Waals surface area contributed by atoms with Gasteiger partial charge in [0, 0.05) is 24.4 Å². The fraction of sp³-hybridized carbons (Fsp3) is 0.571. The largest absolute Gasteiger partial charge is 0.494 e. The molecule has 6 nitrogen and oxygen atoms in total. The molecule has 1 heterocycles. The summed E-state index contributed by atoms with van der Waals surface area (Å²) in [5.41, 5.74) is 0.810. The van der Waals surface area contributed by atoms with E-state index < -0.39 is 4.92 Å². The number of ether oxygens (including phenoxy) is 1. The molecule has 1 aromatic rings. The topological polar surface area (TPSA) is 76.4 Å². The van der Waals surface area contributed by atoms with E-state index in [0.29, 0.717) is 18.3 Å². The molecular formula is C14H21N3O3. The van der Waals surface area contributed by atoms with Crippen LogP contribution in [0.25, 0.3) is 0 Å². The van der Waals surface area contributed by atoms with E-state index in [4.69, 9.17) is 4.74 Å². The zero-order valence-electron chi connectivity index (χ0n) is 11.7. The fourth-order valence-electron chi connectivity index (χ4n) is 2.39. The van der Waals surface area contributed by atoms with Crippen molar-refractivity contribution in [3.8, 4) is 5.75 Å². The maximum Gasteiger partial charge on any atom is 0.275 e. The van der Waals surface area contributed by atoms with Crippen LogP contribution in [0.2, 0.25) is 0 Å². The number of nitro groups is 1. The second-order valence-electron chi connectivity index (χ2n) is 4.98. The van der Waals surface area contributed by atoms with Crippen LogP contribution in [0.15, 0.2) is 18.2 Å². The second kappa shape index (κ2) is 7.09. The first-order chi connectivity index (χ1) is 9.69. The van der Waals surface area contributed by atoms with Crippen LogP contribution in [0.3, 0.4) is 0 Å². The summed E-state index contributed by atoms with van der Waals surface area (Å²) in [4.78, 5) is 10.5. The molecule has 0 atom stereocenters. The van der Waals surface area contributed by atoms with Crippen molar-refractivity contribution >= 4 is 11.4 Å². The smallest absolute Gasteiger partial charge is 0.275 e. The van der Waals surface area contributed by atoms with Crippen LogP contribution in [0.5, 0.6) is 5.75 Å². The van der Waals surface area contributed by atoms with E-state index in [2.05, 4.69) is 10.6 Å². The van der Waals surface area contributed by atoms with Gasteiger partial charge in [0.15, 0.2) is 0 Å². The Balaban J connectivity index is 2.03. The van der Waals surface area contributed by atoms with Crippen LogP contribution in [0.4, 0.5) is 11.4 Å². The molecule has 6 heteroatoms. The summed E-state index contributed by atoms with van der Waals surface area (Å²) in [5.74, 6) is 1.15. The first-order valence-corrected chi connectivity index (χ1v) is 7.06. The summed E-state index contributed by atoms with van der Waals surface area (Å²) in [6.07, 6.45) is 2.28. The van der Waals surface area contributed by atoms with Crippen molar-refractivity contribution in [1.82, 2.24) is 5.32 Å². The second-order valence-corrected chi connectivity index (χ2v) is 4.98. The molecule has 0 aliphatic carbocycles. The third-order valence-corrected chi connectivity index (χ3v) is 3.47. The summed E-state index contributed by atoms with van der Waals surface area (Å²) in [6.45, 7) is 5.29. The Labute approximate surface area is 118 Å². The summed E-state index contributed by atoms with van der Waals surface area (Å²) in [7, 11) is 0. The molecule has 110 valence electrons. The van der Waals surface area contributed by atoms with Crippen LogP contribution in [-0.4, -0.2) is 31.2 Å². The summed E-state index contributed by atoms with van der Waals surface area (Å²) in [6, 6.07) is 4.83. The van der Waals surface area contributed by atoms with Crippen molar-refractivity contribution in [2.24, 2.45) is 5.92 Å². The lowest BCUT2D eigenvalue weighted by Crippen LogP contribution is -2.31. The van der Waals surface area contributed by atoms with Crippen molar-refractivity contribution in [1.29, 1.82) is 0 Å². The Morgan fingerprint density at radius 1 is 1.40 bits per heavy atom. The van der Waals surface area contributed by atoms with Gasteiger partial charge in [0.2, 0.25) is 0 Å². The van der Waals surface area contributed by atoms with Gasteiger partial charge in [0.05, 0.1) is 17.6 Å². The van der Waals surface area contributed by atoms with E-state index in [1.54, 1.807) is 6.07 Å². The average Bonchev–Trinajstić information content (AvgIpc) is 2.46. The standard InChI is InChI=1S/C14H21N3O3/c1-2-20-14-8-12(7-13(9-14)17(18)19)16-10-11-3-5-15-6-4-11/h7-9,11,15-16H,2-6,10H2,1H3. The Kier molecular flexibility index (Phi) is 5.17. The zero-order chi connectivity index (χ0) is 14.4. The van der Waals surface area contributed by atoms with Gasteiger partial charge in [-0.3, -0.25) is 10.1 Å². The normalized spacial score (nSPS) is 15.8. The van der Waals surface area contributed by atoms with Crippen LogP contribution in [0.1, 0.15) is 19.8 Å². The lowest BCUT2D eigenvalue weighted by molar-refractivity contribution is -0.384. The van der Waals surface area contributed by atoms with Crippen LogP contribution in [-0.2, 0) is 0 Å². The maximum atomic E-state index is 10.9. The zero-order valence-corrected chi connectivity index (χ0v) is 11.7. The lowest BCUT2D eigenvalue weighted by atomic mass is 9.98. The number of anilines is 1. The van der Waals surface area contributed by atoms with E-state index in [0.717, 1.165) is 38.2 Å². The van der Waals surface area contributed by atoms with Crippen molar-refractivity contribution in [2.45, 2.75) is 19.8 Å². The van der Waals surface area contributed by atoms with Crippen LogP contribution >= 0.6 is 0 Å². The van der Waals surface area contributed by atoms with Crippen molar-refractivity contribution in [3.05, 3.63) is 28.3 Å². The molecule has 0 spiro atoms. The minimum absolute atomic E-state index is 0.0590. The minimum Gasteiger partial charge on any atom is -0.494 e. The third kappa shape index (κ3) is 4.09. The fourth-order valence-corrected chi connectivity index (χ4v) is 2.39. The Morgan fingerprint density at radius 3 is 2.80 bits per heavy atom. The minimum atomic E-state index is -0.391. The maximum absolute atomic E-state index is 10.9. The molecule has 1 saturated heterocycles. The number of non-ortho nitro benzene ring substituents is 1. The van der Waals surface area contributed by atoms with Gasteiger partial charge in [-0.2, -0.15) is 0 Å². The molecule has 2 rings (SSSR count). The summed E-state index contributed by atoms with van der Waals surface area (Å²) < 4.78 is 5.37. The molecule has 1 aliphatic heterocycles. The molecule has 2 N–H and O–H groups in total. The highest BCUT2D eigenvalue weighted by molar-refractivity contribution is 5.56. The average molecular weight is 279 g/mol. The predicted octanol–water partition coefficient (Wildman–Crippen LogP) is 2.41. The number of nitrogens with zero attached hydrogens (tertiary/aromatic N) is 1. The molecule has 0 aromatic heterocycles. The Bertz CT molecular complexity index is 459. The number of benzene rings is 1. The van der Waals surface area contributed by atoms with E-state index >= 15 is 0 Å². The number of nitro benzene ring substituents is 1. The Hall–Kier alpha value is -1.82. The van der Waals surface area contributed by atoms with E-state index in [1.165, 1.54) is 6.07 Å². The molecule has 0 saturated carbocycles. The van der Waals surface area contributed by atoms with Crippen LogP contribution in [0, 0.1) is 16.0 Å². The lowest BCUT2D eigenvalue weighted by Gasteiger charge is -2.23. The Morgan fingerprint density at radius 2 is 2.15 bits per heavy atom. The monoisotopic (exact) mass is 279 g/mol. The highest BCUT2D eigenvalue weighted by atomic mass is 16.6. The van der Waals surface area contributed by atoms with Gasteiger partial charge in [0.1, 0.15) is 5.75 Å². The number of nitrogens with one attached hydrogen (secondary N) is 2. The van der Waals surface area contributed by atoms with E-state index in [9.17, 15) is 10.1 Å². The molecule has 1 aromatic carbocycles. The van der Waals surface area contributed by atoms with Crippen molar-refractivity contribution in [2.75, 3.05) is 31.6 Å². The first-order valence-electron chi connectivity index (χ1n) is 7.06. The number of piperidine rings is 1. The van der Waals surface area contributed by atoms with Crippen molar-refractivity contribution < 1.29 is 9.66 Å². The quantitative estimate of drug-likeness (QED) is 0.617. The molecule has 1 fully saturated rings. The van der Waals surface area contributed by atoms with Gasteiger partial charge < -0.3 is 15.4 Å². The van der Waals surface area contributed by atoms with Gasteiger partial charge in [-0.25, -0.2) is 0 Å². The van der Waals surface area contributed by atoms with Gasteiger partial charge >= 0.3 is 0 Å². The van der Waals surface area contributed by atoms with Gasteiger partial charge in [-0.1, -0.05) is 0 Å². The highest BCUT2D eigenvalue weighted by Gasteiger charge is 2.14. The predicted molar refractivity (Wildman–Crippen MR) is 78.3 cm³/mol. The number of rotatable bonds is 6. The molecule has 0 bridgehead atoms. The number of hydrogen-bond acceptors (Lipinski definition) is 5. The molecular weight excluding hydrogens is 258 g/mol. The van der Waals surface area contributed by atoms with Gasteiger partial charge in [0.25, 0.3) is 5.69 Å². The molecule has 0 radical (unpaired) electrons. The van der Waals surface area contributed by atoms with Crippen LogP contribution < -0.4 is 15.4 Å². The summed E-state index contributed by atoms with van der Waals surface area (Å²) >= 11 is 0. The van der Waals surface area contributed by atoms with Gasteiger partial charge in [-0.05, 0) is 38.8 Å². The summed E-state index contributed by atoms with van der Waals surface area (Å²) in [5, 5.41) is 17.6.